The van der Waals surface area contributed by atoms with E-state index in [4.69, 9.17) is 10.2 Å². The number of anilines is 1. The molecule has 0 saturated carbocycles. The van der Waals surface area contributed by atoms with Gasteiger partial charge in [0.2, 0.25) is 5.76 Å². The molecule has 37 heavy (non-hydrogen) atoms. The van der Waals surface area contributed by atoms with Crippen molar-refractivity contribution in [3.63, 3.8) is 0 Å². The van der Waals surface area contributed by atoms with Gasteiger partial charge in [-0.2, -0.15) is 0 Å². The minimum Gasteiger partial charge on any atom is -0.446 e. The highest BCUT2D eigenvalue weighted by atomic mass is 19.1. The van der Waals surface area contributed by atoms with Crippen molar-refractivity contribution in [2.24, 2.45) is 5.73 Å². The molecule has 190 valence electrons. The molecule has 0 bridgehead atoms. The molecule has 1 aromatic heterocycles. The smallest absolute Gasteiger partial charge is 0.286 e. The summed E-state index contributed by atoms with van der Waals surface area (Å²) in [5, 5.41) is 2.48. The summed E-state index contributed by atoms with van der Waals surface area (Å²) < 4.78 is 33.2. The lowest BCUT2D eigenvalue weighted by Gasteiger charge is -2.34. The van der Waals surface area contributed by atoms with E-state index in [2.05, 4.69) is 39.4 Å². The third-order valence-electron chi connectivity index (χ3n) is 6.48. The monoisotopic (exact) mass is 504 g/mol. The van der Waals surface area contributed by atoms with Crippen LogP contribution in [0.25, 0.3) is 11.0 Å². The van der Waals surface area contributed by atoms with Crippen LogP contribution in [0.15, 0.2) is 71.1 Å². The van der Waals surface area contributed by atoms with Crippen molar-refractivity contribution in [3.05, 3.63) is 101 Å². The predicted octanol–water partition coefficient (Wildman–Crippen LogP) is 4.38. The van der Waals surface area contributed by atoms with Crippen LogP contribution in [0, 0.1) is 11.6 Å². The quantitative estimate of drug-likeness (QED) is 0.390. The number of fused-ring (bicyclic) bond motifs is 1. The second-order valence-corrected chi connectivity index (χ2v) is 9.13. The van der Waals surface area contributed by atoms with Gasteiger partial charge in [0.15, 0.2) is 11.4 Å². The molecule has 0 atom stereocenters. The second-order valence-electron chi connectivity index (χ2n) is 9.13. The summed E-state index contributed by atoms with van der Waals surface area (Å²) in [5.74, 6) is -3.87. The maximum Gasteiger partial charge on any atom is 0.286 e. The number of nitrogens with two attached hydrogens (primary N) is 1. The number of primary amides is 1. The van der Waals surface area contributed by atoms with Crippen LogP contribution in [0.1, 0.15) is 32.0 Å². The van der Waals surface area contributed by atoms with Gasteiger partial charge in [-0.05, 0) is 29.3 Å². The Morgan fingerprint density at radius 2 is 1.51 bits per heavy atom. The number of carbonyl (C=O) groups excluding carboxylic acids is 2. The first-order valence-corrected chi connectivity index (χ1v) is 12.0. The van der Waals surface area contributed by atoms with Crippen molar-refractivity contribution in [2.75, 3.05) is 31.5 Å². The number of piperazine rings is 1. The van der Waals surface area contributed by atoms with Gasteiger partial charge < -0.3 is 15.5 Å². The van der Waals surface area contributed by atoms with Crippen LogP contribution in [-0.2, 0) is 13.1 Å². The first-order valence-electron chi connectivity index (χ1n) is 12.0. The van der Waals surface area contributed by atoms with Crippen molar-refractivity contribution in [1.82, 2.24) is 9.80 Å². The average Bonchev–Trinajstić information content (AvgIpc) is 3.25. The predicted molar refractivity (Wildman–Crippen MR) is 136 cm³/mol. The second kappa shape index (κ2) is 10.5. The lowest BCUT2D eigenvalue weighted by Crippen LogP contribution is -2.45. The first kappa shape index (κ1) is 24.6. The van der Waals surface area contributed by atoms with Crippen LogP contribution in [0.4, 0.5) is 14.5 Å². The molecule has 1 fully saturated rings. The number of furan rings is 1. The van der Waals surface area contributed by atoms with Crippen LogP contribution < -0.4 is 11.1 Å². The highest BCUT2D eigenvalue weighted by Crippen LogP contribution is 2.33. The normalized spacial score (nSPS) is 14.6. The Balaban J connectivity index is 1.26. The molecule has 1 saturated heterocycles. The Morgan fingerprint density at radius 3 is 2.19 bits per heavy atom. The number of halogens is 2. The number of amides is 2. The van der Waals surface area contributed by atoms with E-state index in [1.807, 2.05) is 12.1 Å². The zero-order valence-corrected chi connectivity index (χ0v) is 20.0. The minimum atomic E-state index is -1.01. The number of benzene rings is 3. The number of nitrogens with one attached hydrogen (secondary N) is 1. The summed E-state index contributed by atoms with van der Waals surface area (Å²) in [4.78, 5) is 29.7. The number of rotatable bonds is 7. The summed E-state index contributed by atoms with van der Waals surface area (Å²) in [6, 6.07) is 19.1. The number of nitrogens with zero attached hydrogens (tertiary/aromatic N) is 2. The van der Waals surface area contributed by atoms with Crippen LogP contribution in [-0.4, -0.2) is 47.8 Å². The van der Waals surface area contributed by atoms with Crippen LogP contribution in [0.2, 0.25) is 0 Å². The Labute approximate surface area is 212 Å². The molecule has 3 N–H and O–H groups in total. The van der Waals surface area contributed by atoms with Crippen molar-refractivity contribution in [1.29, 1.82) is 0 Å². The van der Waals surface area contributed by atoms with Crippen LogP contribution >= 0.6 is 0 Å². The molecule has 2 amide bonds. The molecule has 0 unspecified atom stereocenters. The first-order chi connectivity index (χ1) is 17.9. The molecule has 1 aliphatic rings. The molecule has 0 radical (unpaired) electrons. The van der Waals surface area contributed by atoms with Crippen LogP contribution in [0.3, 0.4) is 0 Å². The fraction of sp³-hybridized carbons (Fsp3) is 0.214. The highest BCUT2D eigenvalue weighted by molar-refractivity contribution is 6.14. The average molecular weight is 505 g/mol. The van der Waals surface area contributed by atoms with Gasteiger partial charge in [-0.3, -0.25) is 19.4 Å². The SMILES string of the molecule is NC(=O)c1oc2c(F)cc(F)cc2c1NC(=O)c1cccc(CN2CCN(Cc3ccccc3)CC2)c1. The molecule has 7 nitrogen and oxygen atoms in total. The Morgan fingerprint density at radius 1 is 0.865 bits per heavy atom. The number of hydrogen-bond donors (Lipinski definition) is 2. The molecule has 0 spiro atoms. The topological polar surface area (TPSA) is 91.8 Å². The van der Waals surface area contributed by atoms with E-state index in [-0.39, 0.29) is 16.7 Å². The molecule has 4 aromatic rings. The zero-order chi connectivity index (χ0) is 25.9. The molecule has 1 aliphatic heterocycles. The van der Waals surface area contributed by atoms with Gasteiger partial charge >= 0.3 is 0 Å². The molecule has 0 aliphatic carbocycles. The molecule has 5 rings (SSSR count). The number of carbonyl (C=O) groups is 2. The van der Waals surface area contributed by atoms with Crippen molar-refractivity contribution in [2.45, 2.75) is 13.1 Å². The van der Waals surface area contributed by atoms with Gasteiger partial charge in [0.05, 0.1) is 5.39 Å². The minimum absolute atomic E-state index is 0.0795. The Kier molecular flexibility index (Phi) is 6.98. The largest absolute Gasteiger partial charge is 0.446 e. The molecule has 9 heteroatoms. The van der Waals surface area contributed by atoms with Crippen molar-refractivity contribution >= 4 is 28.5 Å². The maximum atomic E-state index is 14.2. The zero-order valence-electron chi connectivity index (χ0n) is 20.0. The summed E-state index contributed by atoms with van der Waals surface area (Å²) in [6.45, 7) is 5.32. The summed E-state index contributed by atoms with van der Waals surface area (Å²) in [5.41, 5.74) is 7.42. The summed E-state index contributed by atoms with van der Waals surface area (Å²) in [7, 11) is 0. The van der Waals surface area contributed by atoms with Crippen LogP contribution in [0.5, 0.6) is 0 Å². The van der Waals surface area contributed by atoms with E-state index >= 15 is 0 Å². The lowest BCUT2D eigenvalue weighted by molar-refractivity contribution is 0.0977. The van der Waals surface area contributed by atoms with E-state index in [0.717, 1.165) is 44.4 Å². The van der Waals surface area contributed by atoms with Gasteiger partial charge in [0.25, 0.3) is 11.8 Å². The van der Waals surface area contributed by atoms with Gasteiger partial charge in [-0.1, -0.05) is 42.5 Å². The summed E-state index contributed by atoms with van der Waals surface area (Å²) >= 11 is 0. The fourth-order valence-electron chi connectivity index (χ4n) is 4.62. The van der Waals surface area contributed by atoms with Crippen molar-refractivity contribution in [3.8, 4) is 0 Å². The Bertz CT molecular complexity index is 1450. The van der Waals surface area contributed by atoms with Crippen molar-refractivity contribution < 1.29 is 22.8 Å². The standard InChI is InChI=1S/C28H26F2N4O3/c29-21-14-22-24(26(27(31)35)37-25(22)23(30)15-21)32-28(36)20-8-4-7-19(13-20)17-34-11-9-33(10-12-34)16-18-5-2-1-3-6-18/h1-8,13-15H,9-12,16-17H2,(H2,31,35)(H,32,36). The highest BCUT2D eigenvalue weighted by Gasteiger charge is 2.24. The third-order valence-corrected chi connectivity index (χ3v) is 6.48. The van der Waals surface area contributed by atoms with Gasteiger partial charge in [-0.25, -0.2) is 8.78 Å². The maximum absolute atomic E-state index is 14.2. The summed E-state index contributed by atoms with van der Waals surface area (Å²) in [6.07, 6.45) is 0. The van der Waals surface area contributed by atoms with E-state index in [1.165, 1.54) is 5.56 Å². The van der Waals surface area contributed by atoms with E-state index < -0.39 is 29.2 Å². The molecular formula is C28H26F2N4O3. The van der Waals surface area contributed by atoms with Gasteiger partial charge in [0.1, 0.15) is 11.5 Å². The van der Waals surface area contributed by atoms with E-state index in [0.29, 0.717) is 18.2 Å². The van der Waals surface area contributed by atoms with E-state index in [1.54, 1.807) is 18.2 Å². The third kappa shape index (κ3) is 5.52. The van der Waals surface area contributed by atoms with E-state index in [9.17, 15) is 18.4 Å². The van der Waals surface area contributed by atoms with Gasteiger partial charge in [-0.15, -0.1) is 0 Å². The number of hydrogen-bond acceptors (Lipinski definition) is 5. The molecule has 2 heterocycles. The fourth-order valence-corrected chi connectivity index (χ4v) is 4.62. The molecular weight excluding hydrogens is 478 g/mol. The lowest BCUT2D eigenvalue weighted by atomic mass is 10.1. The van der Waals surface area contributed by atoms with Gasteiger partial charge in [0, 0.05) is 50.9 Å². The Hall–Kier alpha value is -4.08. The molecule has 3 aromatic carbocycles.